The lowest BCUT2D eigenvalue weighted by molar-refractivity contribution is -0.313. The third-order valence-corrected chi connectivity index (χ3v) is 10.5. The van der Waals surface area contributed by atoms with Crippen LogP contribution in [0.2, 0.25) is 0 Å². The van der Waals surface area contributed by atoms with Crippen molar-refractivity contribution in [3.63, 3.8) is 0 Å². The highest BCUT2D eigenvalue weighted by Gasteiger charge is 2.59. The number of ether oxygens (including phenoxy) is 8. The van der Waals surface area contributed by atoms with Crippen molar-refractivity contribution in [3.8, 4) is 0 Å². The molecule has 4 aliphatic heterocycles. The van der Waals surface area contributed by atoms with Gasteiger partial charge in [0.05, 0.1) is 24.9 Å². The van der Waals surface area contributed by atoms with Gasteiger partial charge in [-0.15, -0.1) is 0 Å². The summed E-state index contributed by atoms with van der Waals surface area (Å²) in [5, 5.41) is 33.9. The van der Waals surface area contributed by atoms with E-state index in [9.17, 15) is 24.9 Å². The first-order chi connectivity index (χ1) is 23.6. The van der Waals surface area contributed by atoms with Gasteiger partial charge in [0.15, 0.2) is 24.0 Å². The number of hydrogen-bond acceptors (Lipinski definition) is 14. The molecule has 14 heteroatoms. The SMILES string of the molecule is CC[C@H]1OC(=O)/C=C/[C@H](C)[C@@H](O[C@H]2O[C@@H](C)C[C@@H](N(C)C)[C@H]2O)CC[C@H](C)C(=O)/C=C/[C@H]2O[C@H]2[C@@]1(O)CO[C@H]1O[C@H](C)[C@@H](O)[C@H](OC)[C@H]1OC. The number of epoxide rings is 1. The second-order valence-corrected chi connectivity index (χ2v) is 14.5. The van der Waals surface area contributed by atoms with Crippen LogP contribution >= 0.6 is 0 Å². The van der Waals surface area contributed by atoms with Gasteiger partial charge in [0.2, 0.25) is 0 Å². The number of hydrogen-bond donors (Lipinski definition) is 3. The topological polar surface area (TPSA) is 175 Å². The minimum absolute atomic E-state index is 0.113. The summed E-state index contributed by atoms with van der Waals surface area (Å²) in [6, 6.07) is -0.162. The molecule has 0 amide bonds. The number of carbonyl (C=O) groups is 2. The Morgan fingerprint density at radius 1 is 0.920 bits per heavy atom. The van der Waals surface area contributed by atoms with Crippen LogP contribution in [0.15, 0.2) is 24.3 Å². The fraction of sp³-hybridized carbons (Fsp3) is 0.833. The van der Waals surface area contributed by atoms with Crippen molar-refractivity contribution in [1.82, 2.24) is 4.90 Å². The number of aliphatic hydroxyl groups excluding tert-OH is 2. The monoisotopic (exact) mass is 713 g/mol. The molecule has 0 aromatic carbocycles. The second-order valence-electron chi connectivity index (χ2n) is 14.5. The third-order valence-electron chi connectivity index (χ3n) is 10.5. The molecule has 0 spiro atoms. The molecule has 0 aromatic rings. The van der Waals surface area contributed by atoms with Crippen LogP contribution in [-0.2, 0) is 47.5 Å². The lowest BCUT2D eigenvalue weighted by Crippen LogP contribution is -2.60. The molecular formula is C36H59NO13. The number of fused-ring (bicyclic) bond motifs is 1. The van der Waals surface area contributed by atoms with E-state index in [1.165, 1.54) is 26.4 Å². The Morgan fingerprint density at radius 3 is 2.26 bits per heavy atom. The van der Waals surface area contributed by atoms with Gasteiger partial charge in [-0.05, 0) is 65.8 Å². The molecule has 3 saturated heterocycles. The van der Waals surface area contributed by atoms with Gasteiger partial charge in [-0.25, -0.2) is 4.79 Å². The minimum atomic E-state index is -1.85. The Balaban J connectivity index is 1.57. The van der Waals surface area contributed by atoms with Gasteiger partial charge in [-0.2, -0.15) is 0 Å². The number of aliphatic hydroxyl groups is 3. The smallest absolute Gasteiger partial charge is 0.330 e. The first-order valence-corrected chi connectivity index (χ1v) is 17.8. The molecule has 286 valence electrons. The molecule has 0 aromatic heterocycles. The molecule has 0 bridgehead atoms. The molecule has 0 aliphatic carbocycles. The summed E-state index contributed by atoms with van der Waals surface area (Å²) in [5.41, 5.74) is -1.85. The molecule has 3 fully saturated rings. The van der Waals surface area contributed by atoms with Crippen molar-refractivity contribution in [2.75, 3.05) is 34.9 Å². The maximum absolute atomic E-state index is 13.3. The van der Waals surface area contributed by atoms with Crippen molar-refractivity contribution in [2.45, 2.75) is 146 Å². The third kappa shape index (κ3) is 9.58. The van der Waals surface area contributed by atoms with Gasteiger partial charge in [-0.3, -0.25) is 4.79 Å². The van der Waals surface area contributed by atoms with Crippen LogP contribution in [0.25, 0.3) is 0 Å². The number of esters is 1. The van der Waals surface area contributed by atoms with Crippen molar-refractivity contribution >= 4 is 11.8 Å². The molecule has 4 rings (SSSR count). The van der Waals surface area contributed by atoms with Crippen molar-refractivity contribution in [2.24, 2.45) is 11.8 Å². The molecule has 16 atom stereocenters. The van der Waals surface area contributed by atoms with Crippen molar-refractivity contribution < 1.29 is 62.8 Å². The highest BCUT2D eigenvalue weighted by molar-refractivity contribution is 5.91. The molecule has 0 unspecified atom stereocenters. The quantitative estimate of drug-likeness (QED) is 0.232. The summed E-state index contributed by atoms with van der Waals surface area (Å²) < 4.78 is 47.2. The zero-order valence-corrected chi connectivity index (χ0v) is 30.9. The van der Waals surface area contributed by atoms with Crippen LogP contribution in [0.1, 0.15) is 60.3 Å². The zero-order chi connectivity index (χ0) is 36.9. The predicted octanol–water partition coefficient (Wildman–Crippen LogP) is 1.52. The zero-order valence-electron chi connectivity index (χ0n) is 30.9. The second kappa shape index (κ2) is 17.8. The lowest BCUT2D eigenvalue weighted by atomic mass is 9.89. The average molecular weight is 714 g/mol. The maximum atomic E-state index is 13.3. The number of allylic oxidation sites excluding steroid dienone is 1. The van der Waals surface area contributed by atoms with E-state index in [1.54, 1.807) is 26.0 Å². The Kier molecular flexibility index (Phi) is 14.6. The Labute approximate surface area is 295 Å². The summed E-state index contributed by atoms with van der Waals surface area (Å²) in [7, 11) is 6.70. The van der Waals surface area contributed by atoms with E-state index in [0.717, 1.165) is 0 Å². The summed E-state index contributed by atoms with van der Waals surface area (Å²) >= 11 is 0. The first kappa shape index (κ1) is 40.9. The average Bonchev–Trinajstić information content (AvgIpc) is 3.87. The van der Waals surface area contributed by atoms with Crippen LogP contribution in [0.4, 0.5) is 0 Å². The predicted molar refractivity (Wildman–Crippen MR) is 180 cm³/mol. The van der Waals surface area contributed by atoms with Crippen LogP contribution in [-0.4, -0.2) is 152 Å². The van der Waals surface area contributed by atoms with Crippen molar-refractivity contribution in [3.05, 3.63) is 24.3 Å². The fourth-order valence-electron chi connectivity index (χ4n) is 7.15. The van der Waals surface area contributed by atoms with E-state index >= 15 is 0 Å². The summed E-state index contributed by atoms with van der Waals surface area (Å²) in [6.07, 6.45) is -1.38. The Hall–Kier alpha value is -1.82. The fourth-order valence-corrected chi connectivity index (χ4v) is 7.15. The Bertz CT molecular complexity index is 1180. The largest absolute Gasteiger partial charge is 0.456 e. The van der Waals surface area contributed by atoms with Crippen molar-refractivity contribution in [1.29, 1.82) is 0 Å². The van der Waals surface area contributed by atoms with Gasteiger partial charge >= 0.3 is 5.97 Å². The highest BCUT2D eigenvalue weighted by atomic mass is 16.7. The molecule has 3 N–H and O–H groups in total. The molecule has 14 nitrogen and oxygen atoms in total. The molecule has 0 saturated carbocycles. The number of methoxy groups -OCH3 is 2. The number of likely N-dealkylation sites (N-methyl/N-ethyl adjacent to an activating group) is 1. The van der Waals surface area contributed by atoms with Gasteiger partial charge < -0.3 is 58.1 Å². The van der Waals surface area contributed by atoms with Gasteiger partial charge in [0.25, 0.3) is 0 Å². The number of carbonyl (C=O) groups excluding carboxylic acids is 2. The molecule has 4 heterocycles. The number of ketones is 1. The van der Waals surface area contributed by atoms with Gasteiger partial charge in [0, 0.05) is 38.2 Å². The van der Waals surface area contributed by atoms with E-state index in [0.29, 0.717) is 19.3 Å². The van der Waals surface area contributed by atoms with Gasteiger partial charge in [0.1, 0.15) is 42.7 Å². The lowest BCUT2D eigenvalue weighted by Gasteiger charge is -2.43. The van der Waals surface area contributed by atoms with Crippen LogP contribution in [0.3, 0.4) is 0 Å². The molecule has 4 aliphatic rings. The number of rotatable bonds is 9. The summed E-state index contributed by atoms with van der Waals surface area (Å²) in [5.74, 6) is -1.49. The summed E-state index contributed by atoms with van der Waals surface area (Å²) in [4.78, 5) is 28.5. The van der Waals surface area contributed by atoms with Crippen LogP contribution in [0, 0.1) is 11.8 Å². The van der Waals surface area contributed by atoms with Crippen LogP contribution < -0.4 is 0 Å². The minimum Gasteiger partial charge on any atom is -0.456 e. The van der Waals surface area contributed by atoms with E-state index in [4.69, 9.17) is 37.9 Å². The van der Waals surface area contributed by atoms with Gasteiger partial charge in [-0.1, -0.05) is 26.8 Å². The molecule has 0 radical (unpaired) electrons. The van der Waals surface area contributed by atoms with E-state index in [2.05, 4.69) is 0 Å². The standard InChI is InChI=1S/C36H59NO13/c1-10-27-36(42,18-45-35-32(44-9)31(43-8)29(40)22(5)47-35)33-26(48-33)15-13-24(38)19(2)11-14-25(20(3)12-16-28(39)50-27)49-34-30(41)23(37(6)7)17-21(4)46-34/h12-13,15-16,19-23,25-27,29-35,40-42H,10-11,14,17-18H2,1-9H3/b15-13+,16-12+/t19-,20-,21-,22+,23+,25-,26+,27+,29+,30+,31-,32+,33+,34+,35-,36+/m0/s1. The number of nitrogens with zero attached hydrogens (tertiary/aromatic N) is 1. The maximum Gasteiger partial charge on any atom is 0.330 e. The Morgan fingerprint density at radius 2 is 1.62 bits per heavy atom. The van der Waals surface area contributed by atoms with E-state index in [1.807, 2.05) is 39.8 Å². The number of cyclic esters (lactones) is 1. The van der Waals surface area contributed by atoms with E-state index in [-0.39, 0.29) is 42.8 Å². The molecule has 50 heavy (non-hydrogen) atoms. The molecular weight excluding hydrogens is 654 g/mol. The highest BCUT2D eigenvalue weighted by Crippen LogP contribution is 2.40. The van der Waals surface area contributed by atoms with E-state index < -0.39 is 79.1 Å². The summed E-state index contributed by atoms with van der Waals surface area (Å²) in [6.45, 7) is 8.72. The first-order valence-electron chi connectivity index (χ1n) is 17.8. The van der Waals surface area contributed by atoms with Crippen LogP contribution in [0.5, 0.6) is 0 Å². The normalized spacial score (nSPS) is 46.2.